The largest absolute Gasteiger partial charge is 0.345 e. The fourth-order valence-electron chi connectivity index (χ4n) is 5.41. The van der Waals surface area contributed by atoms with Crippen molar-refractivity contribution in [3.8, 4) is 0 Å². The van der Waals surface area contributed by atoms with Crippen molar-refractivity contribution in [3.63, 3.8) is 0 Å². The lowest BCUT2D eigenvalue weighted by molar-refractivity contribution is 0.477. The summed E-state index contributed by atoms with van der Waals surface area (Å²) in [4.78, 5) is 16.0. The number of allylic oxidation sites excluding steroid dienone is 2. The van der Waals surface area contributed by atoms with E-state index in [0.717, 1.165) is 57.4 Å². The van der Waals surface area contributed by atoms with Crippen LogP contribution < -0.4 is 28.1 Å². The van der Waals surface area contributed by atoms with E-state index in [1.807, 2.05) is 32.9 Å². The van der Waals surface area contributed by atoms with Gasteiger partial charge >= 0.3 is 0 Å². The molecule has 0 saturated carbocycles. The van der Waals surface area contributed by atoms with Crippen molar-refractivity contribution in [1.29, 1.82) is 0 Å². The average molecular weight is 519 g/mol. The van der Waals surface area contributed by atoms with Crippen LogP contribution in [0.2, 0.25) is 0 Å². The molecule has 0 fully saturated rings. The molecule has 3 aromatic rings. The molecular weight excluding hydrogens is 472 g/mol. The van der Waals surface area contributed by atoms with Gasteiger partial charge in [-0.25, -0.2) is 0 Å². The average Bonchev–Trinajstić information content (AvgIpc) is 3.16. The molecule has 7 heteroatoms. The van der Waals surface area contributed by atoms with Gasteiger partial charge in [0.25, 0.3) is 5.56 Å². The molecule has 2 aromatic heterocycles. The normalized spacial score (nSPS) is 15.6. The van der Waals surface area contributed by atoms with Crippen LogP contribution in [0.25, 0.3) is 16.5 Å². The number of aryl methyl sites for hydroxylation is 3. The van der Waals surface area contributed by atoms with Crippen molar-refractivity contribution in [2.45, 2.75) is 85.1 Å². The molecule has 0 radical (unpaired) electrons. The lowest BCUT2D eigenvalue weighted by Gasteiger charge is -2.24. The Labute approximate surface area is 227 Å². The second kappa shape index (κ2) is 12.3. The van der Waals surface area contributed by atoms with Gasteiger partial charge in [-0.05, 0) is 101 Å². The molecule has 0 aliphatic carbocycles. The number of hydrogen-bond donors (Lipinski definition) is 5. The standard InChI is InChI=1S/C31H46N6O/c1-9-10-24(26(33)12-21(7)35-15-20(6)32)23-13-25(28-19(5)16-37(17(2)3)27(28)14-23)30(34)29-18(4)11-22(8)36-31(29)38/h9-11,13-14,16-17,20-21,26,30,35H,1,12,15,32-34H2,2-8H3,(H,36,38)/b24-10-/t20-,21?,26?,30?/m0/s1. The first-order valence-corrected chi connectivity index (χ1v) is 13.5. The highest BCUT2D eigenvalue weighted by Gasteiger charge is 2.24. The third-order valence-corrected chi connectivity index (χ3v) is 7.19. The molecule has 8 N–H and O–H groups in total. The van der Waals surface area contributed by atoms with E-state index < -0.39 is 6.04 Å². The highest BCUT2D eigenvalue weighted by molar-refractivity contribution is 5.92. The van der Waals surface area contributed by atoms with E-state index in [0.29, 0.717) is 5.56 Å². The number of aromatic amines is 1. The molecule has 0 spiro atoms. The van der Waals surface area contributed by atoms with Gasteiger partial charge in [0.1, 0.15) is 0 Å². The quantitative estimate of drug-likeness (QED) is 0.239. The highest BCUT2D eigenvalue weighted by Crippen LogP contribution is 2.36. The van der Waals surface area contributed by atoms with Crippen LogP contribution >= 0.6 is 0 Å². The minimum absolute atomic E-state index is 0.0729. The predicted octanol–water partition coefficient (Wildman–Crippen LogP) is 4.50. The second-order valence-corrected chi connectivity index (χ2v) is 11.1. The fourth-order valence-corrected chi connectivity index (χ4v) is 5.41. The zero-order chi connectivity index (χ0) is 28.3. The molecule has 38 heavy (non-hydrogen) atoms. The molecule has 0 amide bonds. The van der Waals surface area contributed by atoms with Crippen LogP contribution in [0.3, 0.4) is 0 Å². The Kier molecular flexibility index (Phi) is 9.54. The second-order valence-electron chi connectivity index (χ2n) is 11.1. The van der Waals surface area contributed by atoms with Crippen LogP contribution in [-0.2, 0) is 0 Å². The van der Waals surface area contributed by atoms with E-state index in [-0.39, 0.29) is 29.7 Å². The molecule has 7 nitrogen and oxygen atoms in total. The molecule has 2 heterocycles. The Bertz CT molecular complexity index is 1380. The minimum atomic E-state index is -0.601. The molecular formula is C31H46N6O. The van der Waals surface area contributed by atoms with E-state index in [1.165, 1.54) is 0 Å². The first-order valence-electron chi connectivity index (χ1n) is 13.5. The van der Waals surface area contributed by atoms with Crippen molar-refractivity contribution < 1.29 is 0 Å². The minimum Gasteiger partial charge on any atom is -0.345 e. The highest BCUT2D eigenvalue weighted by atomic mass is 16.1. The lowest BCUT2D eigenvalue weighted by Crippen LogP contribution is -2.40. The maximum absolute atomic E-state index is 13.1. The summed E-state index contributed by atoms with van der Waals surface area (Å²) >= 11 is 0. The Morgan fingerprint density at radius 1 is 1.08 bits per heavy atom. The van der Waals surface area contributed by atoms with Crippen LogP contribution in [0.4, 0.5) is 0 Å². The summed E-state index contributed by atoms with van der Waals surface area (Å²) in [6.07, 6.45) is 6.66. The number of rotatable bonds is 11. The van der Waals surface area contributed by atoms with E-state index in [4.69, 9.17) is 17.2 Å². The third-order valence-electron chi connectivity index (χ3n) is 7.19. The first-order chi connectivity index (χ1) is 17.8. The molecule has 0 bridgehead atoms. The Morgan fingerprint density at radius 3 is 2.34 bits per heavy atom. The number of nitrogens with zero attached hydrogens (tertiary/aromatic N) is 1. The summed E-state index contributed by atoms with van der Waals surface area (Å²) in [5, 5.41) is 4.54. The summed E-state index contributed by atoms with van der Waals surface area (Å²) in [6.45, 7) is 19.0. The van der Waals surface area contributed by atoms with E-state index in [2.05, 4.69) is 67.5 Å². The summed E-state index contributed by atoms with van der Waals surface area (Å²) in [6, 6.07) is 5.94. The van der Waals surface area contributed by atoms with Gasteiger partial charge in [-0.3, -0.25) is 4.79 Å². The van der Waals surface area contributed by atoms with Crippen molar-refractivity contribution in [2.24, 2.45) is 17.2 Å². The fraction of sp³-hybridized carbons (Fsp3) is 0.452. The SMILES string of the molecule is C=C/C=C(/c1cc(C(N)c2c(C)cc(C)[nH]c2=O)c2c(C)cn(C(C)C)c2c1)C(N)CC(C)NC[C@H](C)N. The predicted molar refractivity (Wildman–Crippen MR) is 162 cm³/mol. The summed E-state index contributed by atoms with van der Waals surface area (Å²) < 4.78 is 2.26. The zero-order valence-electron chi connectivity index (χ0n) is 24.1. The van der Waals surface area contributed by atoms with E-state index in [9.17, 15) is 4.79 Å². The summed E-state index contributed by atoms with van der Waals surface area (Å²) in [5.41, 5.74) is 26.9. The van der Waals surface area contributed by atoms with Crippen LogP contribution in [-0.4, -0.2) is 34.2 Å². The van der Waals surface area contributed by atoms with E-state index in [1.54, 1.807) is 6.08 Å². The van der Waals surface area contributed by atoms with Gasteiger partial charge in [0.2, 0.25) is 0 Å². The maximum Gasteiger partial charge on any atom is 0.253 e. The zero-order valence-corrected chi connectivity index (χ0v) is 24.1. The summed E-state index contributed by atoms with van der Waals surface area (Å²) in [7, 11) is 0. The number of aromatic nitrogens is 2. The van der Waals surface area contributed by atoms with Crippen LogP contribution in [0.5, 0.6) is 0 Å². The number of H-pyrrole nitrogens is 1. The third kappa shape index (κ3) is 6.35. The number of fused-ring (bicyclic) bond motifs is 1. The van der Waals surface area contributed by atoms with Gasteiger partial charge < -0.3 is 32.1 Å². The Balaban J connectivity index is 2.22. The van der Waals surface area contributed by atoms with Crippen LogP contribution in [0.1, 0.15) is 79.7 Å². The number of nitrogens with two attached hydrogens (primary N) is 3. The molecule has 0 aliphatic rings. The van der Waals surface area contributed by atoms with Gasteiger partial charge in [0, 0.05) is 59.1 Å². The van der Waals surface area contributed by atoms with Crippen molar-refractivity contribution in [1.82, 2.24) is 14.9 Å². The Hall–Kier alpha value is -2.97. The maximum atomic E-state index is 13.1. The summed E-state index contributed by atoms with van der Waals surface area (Å²) in [5.74, 6) is 0. The number of nitrogens with one attached hydrogen (secondary N) is 2. The van der Waals surface area contributed by atoms with Gasteiger partial charge in [0.15, 0.2) is 0 Å². The van der Waals surface area contributed by atoms with Crippen LogP contribution in [0, 0.1) is 20.8 Å². The molecule has 3 rings (SSSR count). The molecule has 0 saturated heterocycles. The molecule has 206 valence electrons. The van der Waals surface area contributed by atoms with Crippen molar-refractivity contribution in [3.05, 3.63) is 87.0 Å². The molecule has 4 atom stereocenters. The van der Waals surface area contributed by atoms with E-state index >= 15 is 0 Å². The Morgan fingerprint density at radius 2 is 1.76 bits per heavy atom. The van der Waals surface area contributed by atoms with Crippen molar-refractivity contribution >= 4 is 16.5 Å². The molecule has 1 aromatic carbocycles. The molecule has 0 aliphatic heterocycles. The van der Waals surface area contributed by atoms with Gasteiger partial charge in [0.05, 0.1) is 6.04 Å². The van der Waals surface area contributed by atoms with Crippen molar-refractivity contribution in [2.75, 3.05) is 6.54 Å². The number of pyridine rings is 1. The van der Waals surface area contributed by atoms with Gasteiger partial charge in [-0.2, -0.15) is 0 Å². The first kappa shape index (κ1) is 29.6. The lowest BCUT2D eigenvalue weighted by atomic mass is 9.87. The smallest absolute Gasteiger partial charge is 0.253 e. The van der Waals surface area contributed by atoms with Gasteiger partial charge in [-0.15, -0.1) is 0 Å². The number of benzene rings is 1. The molecule has 3 unspecified atom stereocenters. The number of hydrogen-bond acceptors (Lipinski definition) is 5. The topological polar surface area (TPSA) is 128 Å². The monoisotopic (exact) mass is 518 g/mol. The van der Waals surface area contributed by atoms with Crippen LogP contribution in [0.15, 0.2) is 47.9 Å². The van der Waals surface area contributed by atoms with Gasteiger partial charge in [-0.1, -0.05) is 18.7 Å².